The second kappa shape index (κ2) is 9.59. The van der Waals surface area contributed by atoms with Gasteiger partial charge >= 0.3 is 0 Å². The van der Waals surface area contributed by atoms with Crippen molar-refractivity contribution in [1.29, 1.82) is 0 Å². The van der Waals surface area contributed by atoms with Gasteiger partial charge in [-0.15, -0.1) is 0 Å². The van der Waals surface area contributed by atoms with E-state index in [2.05, 4.69) is 5.32 Å². The van der Waals surface area contributed by atoms with Crippen molar-refractivity contribution in [2.75, 3.05) is 10.8 Å². The molecule has 3 rings (SSSR count). The number of hydrogen-bond acceptors (Lipinski definition) is 3. The fourth-order valence-corrected chi connectivity index (χ4v) is 4.62. The van der Waals surface area contributed by atoms with Gasteiger partial charge in [-0.1, -0.05) is 67.6 Å². The molecule has 0 saturated carbocycles. The molecule has 3 aromatic carbocycles. The van der Waals surface area contributed by atoms with E-state index in [4.69, 9.17) is 0 Å². The normalized spacial score (nSPS) is 12.2. The molecule has 1 amide bonds. The van der Waals surface area contributed by atoms with Gasteiger partial charge in [0.2, 0.25) is 5.91 Å². The number of aryl methyl sites for hydroxylation is 1. The third kappa shape index (κ3) is 5.07. The minimum absolute atomic E-state index is 0.147. The summed E-state index contributed by atoms with van der Waals surface area (Å²) in [6.45, 7) is 3.60. The Kier molecular flexibility index (Phi) is 6.90. The van der Waals surface area contributed by atoms with E-state index in [0.717, 1.165) is 21.9 Å². The third-order valence-electron chi connectivity index (χ3n) is 4.93. The maximum absolute atomic E-state index is 13.3. The Hall–Kier alpha value is -3.12. The summed E-state index contributed by atoms with van der Waals surface area (Å²) < 4.78 is 27.8. The SMILES string of the molecule is CCc1ccc(N(CC(=O)N[C@H](C)c2ccccc2)S(=O)(=O)c2ccccc2)cc1. The molecule has 156 valence electrons. The number of amides is 1. The molecule has 1 atom stereocenters. The highest BCUT2D eigenvalue weighted by atomic mass is 32.2. The quantitative estimate of drug-likeness (QED) is 0.588. The molecule has 1 N–H and O–H groups in total. The lowest BCUT2D eigenvalue weighted by Gasteiger charge is -2.25. The summed E-state index contributed by atoms with van der Waals surface area (Å²) in [5.74, 6) is -0.370. The lowest BCUT2D eigenvalue weighted by atomic mass is 10.1. The fourth-order valence-electron chi connectivity index (χ4n) is 3.18. The number of benzene rings is 3. The standard InChI is InChI=1S/C24H26N2O3S/c1-3-20-14-16-22(17-15-20)26(30(28,29)23-12-8-5-9-13-23)18-24(27)25-19(2)21-10-6-4-7-11-21/h4-17,19H,3,18H2,1-2H3,(H,25,27)/t19-/m1/s1. The van der Waals surface area contributed by atoms with Gasteiger partial charge in [-0.3, -0.25) is 9.10 Å². The van der Waals surface area contributed by atoms with Gasteiger partial charge in [0.25, 0.3) is 10.0 Å². The summed E-state index contributed by atoms with van der Waals surface area (Å²) in [6, 6.07) is 24.7. The first kappa shape index (κ1) is 21.6. The van der Waals surface area contributed by atoms with Gasteiger partial charge in [0, 0.05) is 0 Å². The number of nitrogens with one attached hydrogen (secondary N) is 1. The average molecular weight is 423 g/mol. The first-order valence-electron chi connectivity index (χ1n) is 9.93. The van der Waals surface area contributed by atoms with Crippen LogP contribution in [-0.2, 0) is 21.2 Å². The molecule has 0 radical (unpaired) electrons. The van der Waals surface area contributed by atoms with E-state index in [9.17, 15) is 13.2 Å². The predicted octanol–water partition coefficient (Wildman–Crippen LogP) is 4.32. The summed E-state index contributed by atoms with van der Waals surface area (Å²) in [4.78, 5) is 12.9. The van der Waals surface area contributed by atoms with Gasteiger partial charge in [-0.2, -0.15) is 0 Å². The Morgan fingerprint density at radius 1 is 0.900 bits per heavy atom. The molecule has 30 heavy (non-hydrogen) atoms. The number of sulfonamides is 1. The summed E-state index contributed by atoms with van der Waals surface area (Å²) in [5, 5.41) is 2.90. The molecular weight excluding hydrogens is 396 g/mol. The van der Waals surface area contributed by atoms with Crippen LogP contribution in [0.4, 0.5) is 5.69 Å². The summed E-state index contributed by atoms with van der Waals surface area (Å²) in [6.07, 6.45) is 0.848. The van der Waals surface area contributed by atoms with Gasteiger partial charge in [0.1, 0.15) is 6.54 Å². The Balaban J connectivity index is 1.88. The molecule has 5 nitrogen and oxygen atoms in total. The number of hydrogen-bond donors (Lipinski definition) is 1. The van der Waals surface area contributed by atoms with Gasteiger partial charge in [-0.05, 0) is 48.7 Å². The van der Waals surface area contributed by atoms with Crippen molar-refractivity contribution in [3.05, 3.63) is 96.1 Å². The maximum Gasteiger partial charge on any atom is 0.264 e. The number of carbonyl (C=O) groups is 1. The Labute approximate surface area is 178 Å². The molecule has 0 heterocycles. The van der Waals surface area contributed by atoms with Gasteiger partial charge in [-0.25, -0.2) is 8.42 Å². The van der Waals surface area contributed by atoms with Gasteiger partial charge < -0.3 is 5.32 Å². The monoisotopic (exact) mass is 422 g/mol. The third-order valence-corrected chi connectivity index (χ3v) is 6.72. The highest BCUT2D eigenvalue weighted by Crippen LogP contribution is 2.24. The highest BCUT2D eigenvalue weighted by molar-refractivity contribution is 7.92. The average Bonchev–Trinajstić information content (AvgIpc) is 2.78. The number of rotatable bonds is 8. The molecular formula is C24H26N2O3S. The number of anilines is 1. The van der Waals surface area contributed by atoms with Crippen LogP contribution >= 0.6 is 0 Å². The van der Waals surface area contributed by atoms with Gasteiger partial charge in [0.05, 0.1) is 16.6 Å². The zero-order valence-corrected chi connectivity index (χ0v) is 18.0. The van der Waals surface area contributed by atoms with Crippen LogP contribution < -0.4 is 9.62 Å². The van der Waals surface area contributed by atoms with Crippen LogP contribution in [-0.4, -0.2) is 20.9 Å². The first-order chi connectivity index (χ1) is 14.4. The second-order valence-electron chi connectivity index (χ2n) is 7.04. The van der Waals surface area contributed by atoms with E-state index < -0.39 is 10.0 Å². The molecule has 0 aliphatic rings. The predicted molar refractivity (Wildman–Crippen MR) is 120 cm³/mol. The van der Waals surface area contributed by atoms with E-state index >= 15 is 0 Å². The largest absolute Gasteiger partial charge is 0.348 e. The van der Waals surface area contributed by atoms with Gasteiger partial charge in [0.15, 0.2) is 0 Å². The van der Waals surface area contributed by atoms with Crippen LogP contribution in [0.25, 0.3) is 0 Å². The highest BCUT2D eigenvalue weighted by Gasteiger charge is 2.27. The molecule has 0 aliphatic carbocycles. The van der Waals surface area contributed by atoms with E-state index in [1.165, 1.54) is 12.1 Å². The van der Waals surface area contributed by atoms with Crippen molar-refractivity contribution in [3.63, 3.8) is 0 Å². The molecule has 0 aromatic heterocycles. The van der Waals surface area contributed by atoms with Crippen molar-refractivity contribution >= 4 is 21.6 Å². The number of carbonyl (C=O) groups excluding carboxylic acids is 1. The Morgan fingerprint density at radius 2 is 1.47 bits per heavy atom. The zero-order chi connectivity index (χ0) is 21.6. The fraction of sp³-hybridized carbons (Fsp3) is 0.208. The molecule has 0 fully saturated rings. The molecule has 0 bridgehead atoms. The summed E-state index contributed by atoms with van der Waals surface area (Å²) in [7, 11) is -3.90. The smallest absolute Gasteiger partial charge is 0.264 e. The van der Waals surface area contributed by atoms with Crippen molar-refractivity contribution in [3.8, 4) is 0 Å². The lowest BCUT2D eigenvalue weighted by Crippen LogP contribution is -2.41. The topological polar surface area (TPSA) is 66.5 Å². The molecule has 3 aromatic rings. The molecule has 0 spiro atoms. The zero-order valence-electron chi connectivity index (χ0n) is 17.2. The van der Waals surface area contributed by atoms with Crippen LogP contribution in [0.3, 0.4) is 0 Å². The molecule has 0 aliphatic heterocycles. The van der Waals surface area contributed by atoms with Crippen molar-refractivity contribution in [1.82, 2.24) is 5.32 Å². The van der Waals surface area contributed by atoms with Crippen LogP contribution in [0.5, 0.6) is 0 Å². The van der Waals surface area contributed by atoms with Crippen LogP contribution in [0.15, 0.2) is 89.8 Å². The van der Waals surface area contributed by atoms with Crippen molar-refractivity contribution in [2.24, 2.45) is 0 Å². The summed E-state index contributed by atoms with van der Waals surface area (Å²) >= 11 is 0. The molecule has 0 unspecified atom stereocenters. The van der Waals surface area contributed by atoms with Crippen molar-refractivity contribution < 1.29 is 13.2 Å². The number of nitrogens with zero attached hydrogens (tertiary/aromatic N) is 1. The van der Waals surface area contributed by atoms with E-state index in [0.29, 0.717) is 5.69 Å². The Bertz CT molecular complexity index is 1070. The molecule has 6 heteroatoms. The minimum atomic E-state index is -3.90. The maximum atomic E-state index is 13.3. The second-order valence-corrected chi connectivity index (χ2v) is 8.91. The lowest BCUT2D eigenvalue weighted by molar-refractivity contribution is -0.120. The van der Waals surface area contributed by atoms with E-state index in [1.807, 2.05) is 56.3 Å². The summed E-state index contributed by atoms with van der Waals surface area (Å²) in [5.41, 5.74) is 2.51. The van der Waals surface area contributed by atoms with E-state index in [-0.39, 0.29) is 23.4 Å². The van der Waals surface area contributed by atoms with Crippen LogP contribution in [0, 0.1) is 0 Å². The van der Waals surface area contributed by atoms with Crippen molar-refractivity contribution in [2.45, 2.75) is 31.2 Å². The van der Waals surface area contributed by atoms with Crippen LogP contribution in [0.2, 0.25) is 0 Å². The van der Waals surface area contributed by atoms with E-state index in [1.54, 1.807) is 30.3 Å². The minimum Gasteiger partial charge on any atom is -0.348 e. The van der Waals surface area contributed by atoms with Crippen LogP contribution in [0.1, 0.15) is 31.0 Å². The Morgan fingerprint density at radius 3 is 2.03 bits per heavy atom. The molecule has 0 saturated heterocycles. The first-order valence-corrected chi connectivity index (χ1v) is 11.4.